The number of aryl methyl sites for hydroxylation is 2. The minimum absolute atomic E-state index is 0.0586. The fraction of sp³-hybridized carbons (Fsp3) is 0.393. The summed E-state index contributed by atoms with van der Waals surface area (Å²) in [5.74, 6) is 1.42. The van der Waals surface area contributed by atoms with E-state index in [4.69, 9.17) is 4.98 Å². The summed E-state index contributed by atoms with van der Waals surface area (Å²) < 4.78 is 1.83. The highest BCUT2D eigenvalue weighted by Crippen LogP contribution is 2.34. The Hall–Kier alpha value is -3.61. The zero-order chi connectivity index (χ0) is 24.6. The van der Waals surface area contributed by atoms with E-state index >= 15 is 0 Å². The molecule has 0 atom stereocenters. The van der Waals surface area contributed by atoms with E-state index in [0.29, 0.717) is 18.8 Å². The summed E-state index contributed by atoms with van der Waals surface area (Å²) in [6.07, 6.45) is 8.37. The van der Waals surface area contributed by atoms with Crippen LogP contribution in [0.3, 0.4) is 0 Å². The molecule has 0 spiro atoms. The summed E-state index contributed by atoms with van der Waals surface area (Å²) in [5.41, 5.74) is 6.21. The van der Waals surface area contributed by atoms with Crippen LogP contribution in [0.5, 0.6) is 0 Å². The van der Waals surface area contributed by atoms with Crippen LogP contribution in [-0.4, -0.2) is 30.2 Å². The quantitative estimate of drug-likeness (QED) is 0.318. The van der Waals surface area contributed by atoms with Gasteiger partial charge in [0.1, 0.15) is 5.82 Å². The molecule has 0 saturated carbocycles. The number of rotatable bonds is 11. The van der Waals surface area contributed by atoms with Gasteiger partial charge in [-0.05, 0) is 59.7 Å². The van der Waals surface area contributed by atoms with Crippen molar-refractivity contribution >= 4 is 0 Å². The number of aromatic amines is 1. The van der Waals surface area contributed by atoms with E-state index in [-0.39, 0.29) is 5.56 Å². The number of unbranched alkanes of at least 4 members (excludes halogenated alkanes) is 2. The van der Waals surface area contributed by atoms with Crippen LogP contribution in [0.4, 0.5) is 0 Å². The van der Waals surface area contributed by atoms with Gasteiger partial charge in [0.15, 0.2) is 0 Å². The molecule has 0 amide bonds. The summed E-state index contributed by atoms with van der Waals surface area (Å²) in [4.78, 5) is 18.1. The zero-order valence-electron chi connectivity index (χ0n) is 20.9. The lowest BCUT2D eigenvalue weighted by Gasteiger charge is -2.17. The second-order valence-electron chi connectivity index (χ2n) is 8.90. The number of H-pyrrole nitrogens is 1. The summed E-state index contributed by atoms with van der Waals surface area (Å²) in [5, 5.41) is 14.9. The number of benzene rings is 2. The van der Waals surface area contributed by atoms with Crippen molar-refractivity contribution in [3.8, 4) is 22.5 Å². The summed E-state index contributed by atoms with van der Waals surface area (Å²) >= 11 is 0. The number of nitrogens with one attached hydrogen (secondary N) is 1. The van der Waals surface area contributed by atoms with Gasteiger partial charge < -0.3 is 0 Å². The predicted octanol–water partition coefficient (Wildman–Crippen LogP) is 5.39. The molecule has 0 aliphatic rings. The molecule has 35 heavy (non-hydrogen) atoms. The maximum absolute atomic E-state index is 13.4. The zero-order valence-corrected chi connectivity index (χ0v) is 20.9. The molecule has 0 fully saturated rings. The fourth-order valence-electron chi connectivity index (χ4n) is 4.53. The number of aromatic nitrogens is 6. The number of hydrogen-bond donors (Lipinski definition) is 1. The molecule has 2 heterocycles. The normalized spacial score (nSPS) is 11.2. The molecule has 0 radical (unpaired) electrons. The Morgan fingerprint density at radius 1 is 0.886 bits per heavy atom. The molecule has 4 aromatic rings. The van der Waals surface area contributed by atoms with Crippen LogP contribution in [0.1, 0.15) is 69.0 Å². The number of hydrogen-bond acceptors (Lipinski definition) is 5. The largest absolute Gasteiger partial charge is 0.297 e. The van der Waals surface area contributed by atoms with E-state index in [9.17, 15) is 4.79 Å². The highest BCUT2D eigenvalue weighted by molar-refractivity contribution is 5.81. The molecular weight excluding hydrogens is 436 g/mol. The molecular formula is C28H34N6O. The van der Waals surface area contributed by atoms with Gasteiger partial charge in [-0.1, -0.05) is 63.1 Å². The van der Waals surface area contributed by atoms with E-state index in [0.717, 1.165) is 72.2 Å². The first-order valence-electron chi connectivity index (χ1n) is 12.7. The van der Waals surface area contributed by atoms with Crippen LogP contribution in [0.15, 0.2) is 53.5 Å². The Morgan fingerprint density at radius 2 is 1.63 bits per heavy atom. The molecule has 2 aromatic heterocycles. The molecule has 7 nitrogen and oxygen atoms in total. The lowest BCUT2D eigenvalue weighted by molar-refractivity contribution is 0.614. The van der Waals surface area contributed by atoms with Crippen LogP contribution in [0.25, 0.3) is 22.5 Å². The third-order valence-electron chi connectivity index (χ3n) is 6.46. The Balaban J connectivity index is 1.82. The first kappa shape index (κ1) is 24.5. The van der Waals surface area contributed by atoms with Gasteiger partial charge in [0.25, 0.3) is 5.56 Å². The molecule has 0 unspecified atom stereocenters. The Labute approximate surface area is 206 Å². The second-order valence-corrected chi connectivity index (χ2v) is 8.90. The van der Waals surface area contributed by atoms with Crippen LogP contribution in [-0.2, 0) is 25.8 Å². The fourth-order valence-corrected chi connectivity index (χ4v) is 4.53. The van der Waals surface area contributed by atoms with Crippen LogP contribution in [0, 0.1) is 0 Å². The van der Waals surface area contributed by atoms with Gasteiger partial charge in [-0.15, -0.1) is 10.2 Å². The first-order chi connectivity index (χ1) is 17.2. The Bertz CT molecular complexity index is 1300. The van der Waals surface area contributed by atoms with Crippen molar-refractivity contribution in [1.29, 1.82) is 0 Å². The second kappa shape index (κ2) is 11.7. The lowest BCUT2D eigenvalue weighted by atomic mass is 9.89. The topological polar surface area (TPSA) is 89.3 Å². The van der Waals surface area contributed by atoms with Gasteiger partial charge in [-0.3, -0.25) is 9.36 Å². The Kier molecular flexibility index (Phi) is 8.19. The third kappa shape index (κ3) is 5.56. The van der Waals surface area contributed by atoms with Crippen LogP contribution < -0.4 is 5.56 Å². The predicted molar refractivity (Wildman–Crippen MR) is 139 cm³/mol. The van der Waals surface area contributed by atoms with Crippen molar-refractivity contribution in [2.24, 2.45) is 0 Å². The van der Waals surface area contributed by atoms with Crippen molar-refractivity contribution in [2.75, 3.05) is 0 Å². The molecule has 0 aliphatic heterocycles. The van der Waals surface area contributed by atoms with E-state index in [2.05, 4.69) is 58.7 Å². The van der Waals surface area contributed by atoms with Crippen molar-refractivity contribution in [1.82, 2.24) is 30.2 Å². The van der Waals surface area contributed by atoms with Gasteiger partial charge in [-0.2, -0.15) is 5.21 Å². The highest BCUT2D eigenvalue weighted by Gasteiger charge is 2.18. The molecule has 7 heteroatoms. The van der Waals surface area contributed by atoms with Gasteiger partial charge in [0, 0.05) is 36.7 Å². The molecule has 0 bridgehead atoms. The number of tetrazole rings is 1. The molecule has 1 N–H and O–H groups in total. The molecule has 182 valence electrons. The van der Waals surface area contributed by atoms with E-state index in [1.54, 1.807) is 6.20 Å². The molecule has 2 aromatic carbocycles. The maximum Gasteiger partial charge on any atom is 0.256 e. The SMILES string of the molecule is CCCCc1cc(-c2ccccc2)c(-c2nn[nH]n2)cc1Cc1cnc(CCCC)n(CC)c1=O. The number of nitrogens with zero attached hydrogens (tertiary/aromatic N) is 5. The van der Waals surface area contributed by atoms with Crippen molar-refractivity contribution in [2.45, 2.75) is 72.3 Å². The van der Waals surface area contributed by atoms with Crippen molar-refractivity contribution in [3.05, 3.63) is 81.5 Å². The van der Waals surface area contributed by atoms with E-state index < -0.39 is 0 Å². The highest BCUT2D eigenvalue weighted by atomic mass is 16.1. The van der Waals surface area contributed by atoms with Crippen LogP contribution >= 0.6 is 0 Å². The first-order valence-corrected chi connectivity index (χ1v) is 12.7. The maximum atomic E-state index is 13.4. The van der Waals surface area contributed by atoms with Gasteiger partial charge in [-0.25, -0.2) is 4.98 Å². The lowest BCUT2D eigenvalue weighted by Crippen LogP contribution is -2.27. The van der Waals surface area contributed by atoms with Gasteiger partial charge >= 0.3 is 0 Å². The average molecular weight is 471 g/mol. The third-order valence-corrected chi connectivity index (χ3v) is 6.46. The van der Waals surface area contributed by atoms with Crippen molar-refractivity contribution < 1.29 is 0 Å². The molecule has 4 rings (SSSR count). The molecule has 0 aliphatic carbocycles. The van der Waals surface area contributed by atoms with Gasteiger partial charge in [0.2, 0.25) is 5.82 Å². The summed E-state index contributed by atoms with van der Waals surface area (Å²) in [6.45, 7) is 6.99. The minimum atomic E-state index is 0.0586. The standard InChI is InChI=1S/C28H34N6O/c1-4-7-12-21-17-24(20-13-10-9-11-14-20)25(27-30-32-33-31-27)18-22(21)16-23-19-29-26(15-8-5-2)34(6-3)28(23)35/h9-11,13-14,17-19H,4-8,12,15-16H2,1-3H3,(H,30,31,32,33). The van der Waals surface area contributed by atoms with Gasteiger partial charge in [0.05, 0.1) is 0 Å². The summed E-state index contributed by atoms with van der Waals surface area (Å²) in [7, 11) is 0. The monoisotopic (exact) mass is 470 g/mol. The smallest absolute Gasteiger partial charge is 0.256 e. The van der Waals surface area contributed by atoms with Crippen molar-refractivity contribution in [3.63, 3.8) is 0 Å². The minimum Gasteiger partial charge on any atom is -0.297 e. The molecule has 0 saturated heterocycles. The van der Waals surface area contributed by atoms with E-state index in [1.807, 2.05) is 29.7 Å². The Morgan fingerprint density at radius 3 is 2.31 bits per heavy atom. The van der Waals surface area contributed by atoms with E-state index in [1.165, 1.54) is 5.56 Å². The average Bonchev–Trinajstić information content (AvgIpc) is 3.43. The van der Waals surface area contributed by atoms with Crippen LogP contribution in [0.2, 0.25) is 0 Å². The summed E-state index contributed by atoms with van der Waals surface area (Å²) in [6, 6.07) is 14.7.